The first-order valence-corrected chi connectivity index (χ1v) is 12.6. The average Bonchev–Trinajstić information content (AvgIpc) is 3.08. The van der Waals surface area contributed by atoms with Crippen molar-refractivity contribution in [1.82, 2.24) is 4.98 Å². The summed E-state index contributed by atoms with van der Waals surface area (Å²) < 4.78 is 36.3. The van der Waals surface area contributed by atoms with Gasteiger partial charge in [-0.05, 0) is 62.9 Å². The summed E-state index contributed by atoms with van der Waals surface area (Å²) in [7, 11) is -3.63. The van der Waals surface area contributed by atoms with E-state index in [1.165, 1.54) is 0 Å². The molecule has 0 saturated carbocycles. The Morgan fingerprint density at radius 3 is 2.47 bits per heavy atom. The molecule has 0 atom stereocenters. The highest BCUT2D eigenvalue weighted by Crippen LogP contribution is 2.25. The molecule has 3 rings (SSSR count). The standard InChI is InChI=1S/C25H29NO5S/c1-4-30-22-14-12-20(13-15-22)9-7-10-21(27)16-32(28,29)17-24-19(3)31-25(26-24)23-11-6-5-8-18(23)2/h5-6,8,11-15H,4,7,9-10,16-17H2,1-3H3. The molecule has 170 valence electrons. The van der Waals surface area contributed by atoms with Gasteiger partial charge in [0.2, 0.25) is 5.89 Å². The lowest BCUT2D eigenvalue weighted by Crippen LogP contribution is -2.18. The van der Waals surface area contributed by atoms with E-state index in [-0.39, 0.29) is 18.0 Å². The summed E-state index contributed by atoms with van der Waals surface area (Å²) in [5, 5.41) is 0. The van der Waals surface area contributed by atoms with Crippen LogP contribution in [0, 0.1) is 13.8 Å². The van der Waals surface area contributed by atoms with E-state index >= 15 is 0 Å². The minimum Gasteiger partial charge on any atom is -0.494 e. The van der Waals surface area contributed by atoms with Crippen molar-refractivity contribution in [3.63, 3.8) is 0 Å². The van der Waals surface area contributed by atoms with Crippen molar-refractivity contribution in [3.8, 4) is 17.2 Å². The number of carbonyl (C=O) groups excluding carboxylic acids is 1. The molecular weight excluding hydrogens is 426 g/mol. The third-order valence-corrected chi connectivity index (χ3v) is 6.64. The Morgan fingerprint density at radius 1 is 1.06 bits per heavy atom. The lowest BCUT2D eigenvalue weighted by Gasteiger charge is -2.05. The first-order chi connectivity index (χ1) is 15.3. The fraction of sp³-hybridized carbons (Fsp3) is 0.360. The zero-order valence-electron chi connectivity index (χ0n) is 18.8. The molecule has 0 fully saturated rings. The Hall–Kier alpha value is -2.93. The molecule has 0 radical (unpaired) electrons. The third-order valence-electron chi connectivity index (χ3n) is 5.16. The molecule has 0 unspecified atom stereocenters. The molecule has 32 heavy (non-hydrogen) atoms. The van der Waals surface area contributed by atoms with Crippen molar-refractivity contribution in [2.24, 2.45) is 0 Å². The second-order valence-electron chi connectivity index (χ2n) is 7.84. The molecule has 3 aromatic rings. The van der Waals surface area contributed by atoms with Gasteiger partial charge in [0.1, 0.15) is 23.0 Å². The summed E-state index contributed by atoms with van der Waals surface area (Å²) in [6, 6.07) is 15.3. The smallest absolute Gasteiger partial charge is 0.226 e. The second kappa shape index (κ2) is 10.6. The molecule has 0 aliphatic heterocycles. The van der Waals surface area contributed by atoms with Crippen molar-refractivity contribution in [2.45, 2.75) is 45.8 Å². The normalized spacial score (nSPS) is 11.5. The first-order valence-electron chi connectivity index (χ1n) is 10.7. The lowest BCUT2D eigenvalue weighted by atomic mass is 10.1. The number of sulfone groups is 1. The summed E-state index contributed by atoms with van der Waals surface area (Å²) in [6.45, 7) is 6.18. The molecule has 7 heteroatoms. The quantitative estimate of drug-likeness (QED) is 0.410. The molecule has 0 amide bonds. The highest BCUT2D eigenvalue weighted by Gasteiger charge is 2.22. The van der Waals surface area contributed by atoms with Gasteiger partial charge in [-0.15, -0.1) is 0 Å². The largest absolute Gasteiger partial charge is 0.494 e. The van der Waals surface area contributed by atoms with Crippen LogP contribution in [-0.4, -0.2) is 31.5 Å². The Labute approximate surface area is 189 Å². The third kappa shape index (κ3) is 6.53. The number of hydrogen-bond acceptors (Lipinski definition) is 6. The number of Topliss-reactive ketones (excluding diaryl/α,β-unsaturated/α-hetero) is 1. The van der Waals surface area contributed by atoms with Gasteiger partial charge < -0.3 is 9.15 Å². The van der Waals surface area contributed by atoms with E-state index in [9.17, 15) is 13.2 Å². The predicted octanol–water partition coefficient (Wildman–Crippen LogP) is 4.86. The number of ketones is 1. The van der Waals surface area contributed by atoms with Crippen LogP contribution >= 0.6 is 0 Å². The topological polar surface area (TPSA) is 86.5 Å². The number of oxazole rings is 1. The van der Waals surface area contributed by atoms with Gasteiger partial charge in [0.25, 0.3) is 0 Å². The Morgan fingerprint density at radius 2 is 1.78 bits per heavy atom. The molecule has 0 aliphatic carbocycles. The molecule has 0 bridgehead atoms. The number of ether oxygens (including phenoxy) is 1. The number of benzene rings is 2. The summed E-state index contributed by atoms with van der Waals surface area (Å²) in [4.78, 5) is 16.7. The molecule has 6 nitrogen and oxygen atoms in total. The van der Waals surface area contributed by atoms with Crippen LogP contribution < -0.4 is 4.74 Å². The highest BCUT2D eigenvalue weighted by atomic mass is 32.2. The summed E-state index contributed by atoms with van der Waals surface area (Å²) in [6.07, 6.45) is 1.53. The fourth-order valence-corrected chi connectivity index (χ4v) is 4.90. The first kappa shape index (κ1) is 23.7. The van der Waals surface area contributed by atoms with Crippen molar-refractivity contribution >= 4 is 15.6 Å². The van der Waals surface area contributed by atoms with Gasteiger partial charge in [-0.25, -0.2) is 13.4 Å². The van der Waals surface area contributed by atoms with Crippen LogP contribution in [0.5, 0.6) is 5.75 Å². The number of nitrogens with zero attached hydrogens (tertiary/aromatic N) is 1. The molecule has 1 heterocycles. The lowest BCUT2D eigenvalue weighted by molar-refractivity contribution is -0.116. The number of rotatable bonds is 11. The maximum atomic E-state index is 12.6. The van der Waals surface area contributed by atoms with Gasteiger partial charge in [0.15, 0.2) is 9.84 Å². The molecule has 0 aliphatic rings. The molecular formula is C25H29NO5S. The van der Waals surface area contributed by atoms with Crippen molar-refractivity contribution in [2.75, 3.05) is 12.4 Å². The summed E-state index contributed by atoms with van der Waals surface area (Å²) in [5.41, 5.74) is 3.26. The maximum absolute atomic E-state index is 12.6. The SMILES string of the molecule is CCOc1ccc(CCCC(=O)CS(=O)(=O)Cc2nc(-c3ccccc3C)oc2C)cc1. The number of aromatic nitrogens is 1. The minimum atomic E-state index is -3.63. The van der Waals surface area contributed by atoms with Crippen LogP contribution in [0.2, 0.25) is 0 Å². The van der Waals surface area contributed by atoms with Crippen molar-refractivity contribution in [3.05, 3.63) is 71.1 Å². The van der Waals surface area contributed by atoms with Crippen LogP contribution in [0.25, 0.3) is 11.5 Å². The van der Waals surface area contributed by atoms with Crippen molar-refractivity contribution < 1.29 is 22.4 Å². The summed E-state index contributed by atoms with van der Waals surface area (Å²) >= 11 is 0. The molecule has 0 N–H and O–H groups in total. The van der Waals surface area contributed by atoms with E-state index in [1.54, 1.807) is 6.92 Å². The van der Waals surface area contributed by atoms with Gasteiger partial charge in [0, 0.05) is 12.0 Å². The highest BCUT2D eigenvalue weighted by molar-refractivity contribution is 7.91. The maximum Gasteiger partial charge on any atom is 0.226 e. The van der Waals surface area contributed by atoms with Crippen LogP contribution in [0.15, 0.2) is 52.9 Å². The van der Waals surface area contributed by atoms with Gasteiger partial charge in [-0.3, -0.25) is 4.79 Å². The average molecular weight is 456 g/mol. The van der Waals surface area contributed by atoms with E-state index in [1.807, 2.05) is 62.4 Å². The van der Waals surface area contributed by atoms with E-state index < -0.39 is 15.6 Å². The number of carbonyl (C=O) groups is 1. The molecule has 0 saturated heterocycles. The Kier molecular flexibility index (Phi) is 7.85. The molecule has 2 aromatic carbocycles. The summed E-state index contributed by atoms with van der Waals surface area (Å²) in [5.74, 6) is 0.590. The van der Waals surface area contributed by atoms with E-state index in [4.69, 9.17) is 9.15 Å². The second-order valence-corrected chi connectivity index (χ2v) is 9.90. The van der Waals surface area contributed by atoms with E-state index in [0.717, 1.165) is 22.4 Å². The zero-order chi connectivity index (χ0) is 23.1. The minimum absolute atomic E-state index is 0.221. The van der Waals surface area contributed by atoms with Gasteiger partial charge in [-0.2, -0.15) is 0 Å². The number of hydrogen-bond donors (Lipinski definition) is 0. The monoisotopic (exact) mass is 455 g/mol. The molecule has 0 spiro atoms. The van der Waals surface area contributed by atoms with E-state index in [2.05, 4.69) is 4.98 Å². The Balaban J connectivity index is 1.53. The van der Waals surface area contributed by atoms with E-state index in [0.29, 0.717) is 36.8 Å². The van der Waals surface area contributed by atoms with Crippen LogP contribution in [0.4, 0.5) is 0 Å². The zero-order valence-corrected chi connectivity index (χ0v) is 19.6. The van der Waals surface area contributed by atoms with Crippen LogP contribution in [0.1, 0.15) is 42.3 Å². The van der Waals surface area contributed by atoms with Crippen molar-refractivity contribution in [1.29, 1.82) is 0 Å². The molecule has 1 aromatic heterocycles. The fourth-order valence-electron chi connectivity index (χ4n) is 3.48. The van der Waals surface area contributed by atoms with Gasteiger partial charge in [0.05, 0.1) is 18.1 Å². The predicted molar refractivity (Wildman–Crippen MR) is 124 cm³/mol. The van der Waals surface area contributed by atoms with Crippen LogP contribution in [0.3, 0.4) is 0 Å². The van der Waals surface area contributed by atoms with Crippen LogP contribution in [-0.2, 0) is 26.8 Å². The number of aryl methyl sites for hydroxylation is 3. The Bertz CT molecular complexity index is 1160. The van der Waals surface area contributed by atoms with Gasteiger partial charge in [-0.1, -0.05) is 30.3 Å². The van der Waals surface area contributed by atoms with Gasteiger partial charge >= 0.3 is 0 Å².